The van der Waals surface area contributed by atoms with Gasteiger partial charge in [0, 0.05) is 33.8 Å². The van der Waals surface area contributed by atoms with E-state index in [1.54, 1.807) is 26.6 Å². The standard InChI is InChI=1S/C29H29NO4/c1-6-20-7-11-22(12-8-20)30-27(31)15-18(2)24-16-25-26(21-9-13-23(32-4)14-10-21)17-34-29(25)19(3)28(24)33-5/h7-17H,6H2,1-5H3,(H,30,31)/b18-15+. The van der Waals surface area contributed by atoms with Crippen LogP contribution in [0.1, 0.15) is 30.5 Å². The highest BCUT2D eigenvalue weighted by atomic mass is 16.5. The molecule has 0 aliphatic rings. The minimum Gasteiger partial charge on any atom is -0.497 e. The van der Waals surface area contributed by atoms with Gasteiger partial charge in [-0.1, -0.05) is 31.2 Å². The lowest BCUT2D eigenvalue weighted by Gasteiger charge is -2.13. The highest BCUT2D eigenvalue weighted by Crippen LogP contribution is 2.40. The van der Waals surface area contributed by atoms with Crippen molar-refractivity contribution in [2.45, 2.75) is 27.2 Å². The average molecular weight is 456 g/mol. The predicted molar refractivity (Wildman–Crippen MR) is 138 cm³/mol. The van der Waals surface area contributed by atoms with Crippen molar-refractivity contribution in [1.82, 2.24) is 0 Å². The fourth-order valence-electron chi connectivity index (χ4n) is 4.14. The molecule has 1 aromatic heterocycles. The van der Waals surface area contributed by atoms with Gasteiger partial charge < -0.3 is 19.2 Å². The first kappa shape index (κ1) is 23.2. The van der Waals surface area contributed by atoms with Gasteiger partial charge in [-0.3, -0.25) is 4.79 Å². The molecule has 0 fully saturated rings. The van der Waals surface area contributed by atoms with E-state index >= 15 is 0 Å². The highest BCUT2D eigenvalue weighted by Gasteiger charge is 2.19. The van der Waals surface area contributed by atoms with Crippen LogP contribution in [0, 0.1) is 6.92 Å². The Balaban J connectivity index is 1.71. The molecule has 3 aromatic carbocycles. The summed E-state index contributed by atoms with van der Waals surface area (Å²) in [6.45, 7) is 5.98. The first-order valence-corrected chi connectivity index (χ1v) is 11.3. The minimum absolute atomic E-state index is 0.191. The summed E-state index contributed by atoms with van der Waals surface area (Å²) in [5.41, 5.74) is 7.28. The van der Waals surface area contributed by atoms with E-state index in [0.29, 0.717) is 5.75 Å². The van der Waals surface area contributed by atoms with Crippen molar-refractivity contribution in [3.8, 4) is 22.6 Å². The summed E-state index contributed by atoms with van der Waals surface area (Å²) >= 11 is 0. The van der Waals surface area contributed by atoms with E-state index in [1.807, 2.05) is 68.4 Å². The molecule has 0 bridgehead atoms. The van der Waals surface area contributed by atoms with Crippen molar-refractivity contribution in [2.75, 3.05) is 19.5 Å². The van der Waals surface area contributed by atoms with Gasteiger partial charge in [0.05, 0.1) is 20.5 Å². The first-order chi connectivity index (χ1) is 16.4. The van der Waals surface area contributed by atoms with E-state index < -0.39 is 0 Å². The van der Waals surface area contributed by atoms with Crippen LogP contribution in [0.5, 0.6) is 11.5 Å². The van der Waals surface area contributed by atoms with Crippen LogP contribution in [0.4, 0.5) is 5.69 Å². The zero-order valence-corrected chi connectivity index (χ0v) is 20.2. The van der Waals surface area contributed by atoms with Crippen molar-refractivity contribution in [3.05, 3.63) is 83.6 Å². The molecule has 1 N–H and O–H groups in total. The molecule has 0 saturated heterocycles. The molecular formula is C29H29NO4. The van der Waals surface area contributed by atoms with E-state index in [-0.39, 0.29) is 5.91 Å². The summed E-state index contributed by atoms with van der Waals surface area (Å²) in [7, 11) is 3.28. The largest absolute Gasteiger partial charge is 0.497 e. The number of furan rings is 1. The lowest BCUT2D eigenvalue weighted by atomic mass is 9.96. The highest BCUT2D eigenvalue weighted by molar-refractivity contribution is 6.06. The predicted octanol–water partition coefficient (Wildman–Crippen LogP) is 7.03. The Kier molecular flexibility index (Phi) is 6.73. The molecule has 34 heavy (non-hydrogen) atoms. The van der Waals surface area contributed by atoms with Gasteiger partial charge in [-0.05, 0) is 67.3 Å². The molecule has 0 spiro atoms. The number of carbonyl (C=O) groups is 1. The van der Waals surface area contributed by atoms with E-state index in [1.165, 1.54) is 5.56 Å². The molecule has 0 atom stereocenters. The van der Waals surface area contributed by atoms with Crippen LogP contribution in [0.15, 0.2) is 71.4 Å². The Morgan fingerprint density at radius 1 is 1.03 bits per heavy atom. The SMILES string of the molecule is CCc1ccc(NC(=O)/C=C(\C)c2cc3c(-c4ccc(OC)cc4)coc3c(C)c2OC)cc1. The fourth-order valence-corrected chi connectivity index (χ4v) is 4.14. The number of amides is 1. The molecule has 4 rings (SSSR count). The second-order valence-corrected chi connectivity index (χ2v) is 8.20. The van der Waals surface area contributed by atoms with Gasteiger partial charge in [-0.2, -0.15) is 0 Å². The maximum atomic E-state index is 12.7. The Bertz CT molecular complexity index is 1350. The third kappa shape index (κ3) is 4.55. The maximum absolute atomic E-state index is 12.7. The van der Waals surface area contributed by atoms with Crippen molar-refractivity contribution in [1.29, 1.82) is 0 Å². The zero-order valence-electron chi connectivity index (χ0n) is 20.2. The molecule has 0 radical (unpaired) electrons. The van der Waals surface area contributed by atoms with Crippen molar-refractivity contribution < 1.29 is 18.7 Å². The minimum atomic E-state index is -0.191. The molecule has 5 heteroatoms. The third-order valence-corrected chi connectivity index (χ3v) is 6.05. The Morgan fingerprint density at radius 2 is 1.74 bits per heavy atom. The quantitative estimate of drug-likeness (QED) is 0.304. The van der Waals surface area contributed by atoms with Gasteiger partial charge in [-0.15, -0.1) is 0 Å². The van der Waals surface area contributed by atoms with Crippen LogP contribution in [0.25, 0.3) is 27.7 Å². The smallest absolute Gasteiger partial charge is 0.248 e. The second-order valence-electron chi connectivity index (χ2n) is 8.20. The van der Waals surface area contributed by atoms with Gasteiger partial charge in [-0.25, -0.2) is 0 Å². The normalized spacial score (nSPS) is 11.5. The van der Waals surface area contributed by atoms with Crippen molar-refractivity contribution in [3.63, 3.8) is 0 Å². The van der Waals surface area contributed by atoms with E-state index in [4.69, 9.17) is 13.9 Å². The number of hydrogen-bond donors (Lipinski definition) is 1. The maximum Gasteiger partial charge on any atom is 0.248 e. The molecular weight excluding hydrogens is 426 g/mol. The van der Waals surface area contributed by atoms with E-state index in [2.05, 4.69) is 12.2 Å². The number of allylic oxidation sites excluding steroid dienone is 1. The molecule has 1 amide bonds. The molecule has 1 heterocycles. The monoisotopic (exact) mass is 455 g/mol. The molecule has 4 aromatic rings. The fraction of sp³-hybridized carbons (Fsp3) is 0.207. The van der Waals surface area contributed by atoms with Gasteiger partial charge in [0.25, 0.3) is 0 Å². The van der Waals surface area contributed by atoms with Gasteiger partial charge in [0.1, 0.15) is 17.1 Å². The lowest BCUT2D eigenvalue weighted by Crippen LogP contribution is -2.08. The van der Waals surface area contributed by atoms with E-state index in [9.17, 15) is 4.79 Å². The number of methoxy groups -OCH3 is 2. The van der Waals surface area contributed by atoms with Crippen LogP contribution in [0.2, 0.25) is 0 Å². The molecule has 0 aliphatic heterocycles. The number of benzene rings is 3. The van der Waals surface area contributed by atoms with Crippen LogP contribution in [-0.4, -0.2) is 20.1 Å². The Hall–Kier alpha value is -3.99. The summed E-state index contributed by atoms with van der Waals surface area (Å²) in [4.78, 5) is 12.7. The van der Waals surface area contributed by atoms with Gasteiger partial charge in [0.15, 0.2) is 0 Å². The number of anilines is 1. The summed E-state index contributed by atoms with van der Waals surface area (Å²) in [5, 5.41) is 3.90. The number of hydrogen-bond acceptors (Lipinski definition) is 4. The molecule has 5 nitrogen and oxygen atoms in total. The molecule has 174 valence electrons. The summed E-state index contributed by atoms with van der Waals surface area (Å²) in [5.74, 6) is 1.30. The Morgan fingerprint density at radius 3 is 2.35 bits per heavy atom. The van der Waals surface area contributed by atoms with Crippen molar-refractivity contribution >= 4 is 28.1 Å². The van der Waals surface area contributed by atoms with Crippen LogP contribution >= 0.6 is 0 Å². The average Bonchev–Trinajstić information content (AvgIpc) is 3.28. The molecule has 0 unspecified atom stereocenters. The summed E-state index contributed by atoms with van der Waals surface area (Å²) in [6, 6.07) is 17.8. The topological polar surface area (TPSA) is 60.7 Å². The van der Waals surface area contributed by atoms with Crippen LogP contribution in [-0.2, 0) is 11.2 Å². The number of fused-ring (bicyclic) bond motifs is 1. The van der Waals surface area contributed by atoms with Crippen LogP contribution in [0.3, 0.4) is 0 Å². The van der Waals surface area contributed by atoms with Gasteiger partial charge >= 0.3 is 0 Å². The first-order valence-electron chi connectivity index (χ1n) is 11.3. The summed E-state index contributed by atoms with van der Waals surface area (Å²) in [6.07, 6.45) is 4.32. The summed E-state index contributed by atoms with van der Waals surface area (Å²) < 4.78 is 16.9. The third-order valence-electron chi connectivity index (χ3n) is 6.05. The Labute approximate surface area is 200 Å². The molecule has 0 saturated carbocycles. The number of ether oxygens (including phenoxy) is 2. The number of nitrogens with one attached hydrogen (secondary N) is 1. The second kappa shape index (κ2) is 9.87. The van der Waals surface area contributed by atoms with E-state index in [0.717, 1.165) is 56.7 Å². The number of carbonyl (C=O) groups excluding carboxylic acids is 1. The number of rotatable bonds is 7. The zero-order chi connectivity index (χ0) is 24.2. The molecule has 0 aliphatic carbocycles. The number of aryl methyl sites for hydroxylation is 2. The lowest BCUT2D eigenvalue weighted by molar-refractivity contribution is -0.111. The van der Waals surface area contributed by atoms with Crippen LogP contribution < -0.4 is 14.8 Å². The van der Waals surface area contributed by atoms with Gasteiger partial charge in [0.2, 0.25) is 5.91 Å². The van der Waals surface area contributed by atoms with Crippen molar-refractivity contribution in [2.24, 2.45) is 0 Å².